The average Bonchev–Trinajstić information content (AvgIpc) is 3.35. The number of aromatic nitrogens is 3. The standard InChI is InChI=1S/C24H33F4N7O2/c1-2-35-15-36-13-18(35)12-30-22-32-21(29-11-16-6-4-3-5-7-16)33-23(34-22)31-17-8-9-20(37-14-25)19(10-17)24(26,27)28/h8-10,16,18H,2-7,11-15H2,1H3,(H3,29,30,31,32,33,34). The van der Waals surface area contributed by atoms with Crippen LogP contribution in [0.3, 0.4) is 0 Å². The smallest absolute Gasteiger partial charge is 0.420 e. The van der Waals surface area contributed by atoms with Crippen LogP contribution in [0.4, 0.5) is 41.1 Å². The SMILES string of the molecule is CCN1COCC1CNc1nc(NCC2CCCCC2)nc(Nc2ccc(OCF)c(C(F)(F)F)c2)n1. The molecule has 1 unspecified atom stereocenters. The van der Waals surface area contributed by atoms with Crippen LogP contribution in [0, 0.1) is 5.92 Å². The van der Waals surface area contributed by atoms with Crippen molar-refractivity contribution in [1.29, 1.82) is 0 Å². The lowest BCUT2D eigenvalue weighted by Crippen LogP contribution is -2.36. The van der Waals surface area contributed by atoms with E-state index in [2.05, 4.69) is 47.5 Å². The second-order valence-electron chi connectivity index (χ2n) is 9.22. The third-order valence-corrected chi connectivity index (χ3v) is 6.65. The summed E-state index contributed by atoms with van der Waals surface area (Å²) in [6.45, 7) is 3.91. The van der Waals surface area contributed by atoms with Gasteiger partial charge in [-0.25, -0.2) is 4.39 Å². The molecule has 0 radical (unpaired) electrons. The highest BCUT2D eigenvalue weighted by molar-refractivity contribution is 5.59. The van der Waals surface area contributed by atoms with Crippen molar-refractivity contribution in [3.05, 3.63) is 23.8 Å². The monoisotopic (exact) mass is 527 g/mol. The normalized spacial score (nSPS) is 19.1. The zero-order chi connectivity index (χ0) is 26.3. The molecule has 1 aromatic heterocycles. The lowest BCUT2D eigenvalue weighted by molar-refractivity contribution is -0.139. The van der Waals surface area contributed by atoms with Crippen LogP contribution >= 0.6 is 0 Å². The number of anilines is 4. The maximum atomic E-state index is 13.5. The number of rotatable bonds is 11. The molecule has 0 bridgehead atoms. The van der Waals surface area contributed by atoms with Gasteiger partial charge in [-0.15, -0.1) is 0 Å². The molecule has 4 rings (SSSR count). The predicted molar refractivity (Wildman–Crippen MR) is 132 cm³/mol. The van der Waals surface area contributed by atoms with Gasteiger partial charge in [0, 0.05) is 18.8 Å². The lowest BCUT2D eigenvalue weighted by atomic mass is 9.89. The van der Waals surface area contributed by atoms with Crippen LogP contribution in [0.5, 0.6) is 5.75 Å². The molecule has 3 N–H and O–H groups in total. The molecule has 2 aromatic rings. The Morgan fingerprint density at radius 2 is 1.73 bits per heavy atom. The fraction of sp³-hybridized carbons (Fsp3) is 0.625. The largest absolute Gasteiger partial charge is 0.462 e. The summed E-state index contributed by atoms with van der Waals surface area (Å²) in [5.74, 6) is 0.622. The van der Waals surface area contributed by atoms with Crippen LogP contribution in [0.1, 0.15) is 44.6 Å². The Balaban J connectivity index is 1.53. The van der Waals surface area contributed by atoms with E-state index in [0.717, 1.165) is 31.5 Å². The first-order chi connectivity index (χ1) is 17.9. The van der Waals surface area contributed by atoms with Crippen molar-refractivity contribution in [2.75, 3.05) is 55.8 Å². The number of hydrogen-bond donors (Lipinski definition) is 3. The summed E-state index contributed by atoms with van der Waals surface area (Å²) in [5, 5.41) is 9.31. The minimum Gasteiger partial charge on any atom is -0.462 e. The summed E-state index contributed by atoms with van der Waals surface area (Å²) in [6, 6.07) is 3.40. The average molecular weight is 528 g/mol. The maximum absolute atomic E-state index is 13.5. The van der Waals surface area contributed by atoms with Gasteiger partial charge in [-0.1, -0.05) is 26.2 Å². The minimum atomic E-state index is -4.73. The maximum Gasteiger partial charge on any atom is 0.420 e. The Hall–Kier alpha value is -2.93. The summed E-state index contributed by atoms with van der Waals surface area (Å²) >= 11 is 0. The molecule has 1 aromatic carbocycles. The topological polar surface area (TPSA) is 96.5 Å². The molecule has 2 heterocycles. The van der Waals surface area contributed by atoms with E-state index in [1.807, 2.05) is 0 Å². The van der Waals surface area contributed by atoms with Gasteiger partial charge >= 0.3 is 6.18 Å². The van der Waals surface area contributed by atoms with Gasteiger partial charge < -0.3 is 25.4 Å². The molecular formula is C24H33F4N7O2. The van der Waals surface area contributed by atoms with Crippen LogP contribution in [-0.2, 0) is 10.9 Å². The summed E-state index contributed by atoms with van der Waals surface area (Å²) in [5.41, 5.74) is -1.02. The van der Waals surface area contributed by atoms with Crippen molar-refractivity contribution in [2.45, 2.75) is 51.2 Å². The number of benzene rings is 1. The van der Waals surface area contributed by atoms with Crippen molar-refractivity contribution in [3.8, 4) is 5.75 Å². The van der Waals surface area contributed by atoms with E-state index in [0.29, 0.717) is 44.2 Å². The fourth-order valence-corrected chi connectivity index (χ4v) is 4.62. The van der Waals surface area contributed by atoms with Crippen LogP contribution in [0.15, 0.2) is 18.2 Å². The number of nitrogens with one attached hydrogen (secondary N) is 3. The first kappa shape index (κ1) is 27.1. The third-order valence-electron chi connectivity index (χ3n) is 6.65. The lowest BCUT2D eigenvalue weighted by Gasteiger charge is -2.22. The van der Waals surface area contributed by atoms with Gasteiger partial charge in [0.15, 0.2) is 0 Å². The van der Waals surface area contributed by atoms with Gasteiger partial charge in [0.1, 0.15) is 5.75 Å². The molecule has 0 spiro atoms. The summed E-state index contributed by atoms with van der Waals surface area (Å²) in [6.07, 6.45) is 1.19. The molecular weight excluding hydrogens is 494 g/mol. The van der Waals surface area contributed by atoms with Crippen LogP contribution < -0.4 is 20.7 Å². The predicted octanol–water partition coefficient (Wildman–Crippen LogP) is 5.02. The van der Waals surface area contributed by atoms with Gasteiger partial charge in [-0.05, 0) is 43.5 Å². The molecule has 2 fully saturated rings. The van der Waals surface area contributed by atoms with Crippen molar-refractivity contribution in [3.63, 3.8) is 0 Å². The van der Waals surface area contributed by atoms with Gasteiger partial charge in [-0.2, -0.15) is 28.1 Å². The van der Waals surface area contributed by atoms with E-state index in [4.69, 9.17) is 4.74 Å². The fourth-order valence-electron chi connectivity index (χ4n) is 4.62. The zero-order valence-electron chi connectivity index (χ0n) is 20.8. The molecule has 1 aliphatic heterocycles. The highest BCUT2D eigenvalue weighted by Crippen LogP contribution is 2.38. The van der Waals surface area contributed by atoms with E-state index < -0.39 is 24.3 Å². The number of nitrogens with zero attached hydrogens (tertiary/aromatic N) is 4. The van der Waals surface area contributed by atoms with Crippen LogP contribution in [-0.4, -0.2) is 65.7 Å². The van der Waals surface area contributed by atoms with Crippen molar-refractivity contribution in [1.82, 2.24) is 19.9 Å². The minimum absolute atomic E-state index is 0.0750. The van der Waals surface area contributed by atoms with Crippen LogP contribution in [0.25, 0.3) is 0 Å². The van der Waals surface area contributed by atoms with E-state index in [9.17, 15) is 17.6 Å². The molecule has 1 aliphatic carbocycles. The Kier molecular flexibility index (Phi) is 9.19. The van der Waals surface area contributed by atoms with Gasteiger partial charge in [-0.3, -0.25) is 4.90 Å². The van der Waals surface area contributed by atoms with Gasteiger partial charge in [0.05, 0.1) is 24.9 Å². The van der Waals surface area contributed by atoms with E-state index in [-0.39, 0.29) is 17.7 Å². The molecule has 1 saturated heterocycles. The molecule has 1 atom stereocenters. The quantitative estimate of drug-likeness (QED) is 0.348. The van der Waals surface area contributed by atoms with Crippen molar-refractivity contribution >= 4 is 23.5 Å². The van der Waals surface area contributed by atoms with E-state index in [1.165, 1.54) is 25.3 Å². The third kappa shape index (κ3) is 7.54. The Morgan fingerprint density at radius 1 is 1.03 bits per heavy atom. The Morgan fingerprint density at radius 3 is 2.41 bits per heavy atom. The second-order valence-corrected chi connectivity index (χ2v) is 9.22. The van der Waals surface area contributed by atoms with Gasteiger partial charge in [0.25, 0.3) is 0 Å². The number of ether oxygens (including phenoxy) is 2. The van der Waals surface area contributed by atoms with Gasteiger partial charge in [0.2, 0.25) is 24.7 Å². The molecule has 13 heteroatoms. The molecule has 2 aliphatic rings. The summed E-state index contributed by atoms with van der Waals surface area (Å²) in [7, 11) is 0. The van der Waals surface area contributed by atoms with Crippen molar-refractivity contribution in [2.24, 2.45) is 5.92 Å². The molecule has 0 amide bonds. The number of halogens is 4. The molecule has 204 valence electrons. The summed E-state index contributed by atoms with van der Waals surface area (Å²) in [4.78, 5) is 15.4. The summed E-state index contributed by atoms with van der Waals surface area (Å²) < 4.78 is 63.1. The molecule has 37 heavy (non-hydrogen) atoms. The molecule has 1 saturated carbocycles. The van der Waals surface area contributed by atoms with E-state index in [1.54, 1.807) is 0 Å². The first-order valence-corrected chi connectivity index (χ1v) is 12.6. The number of hydrogen-bond acceptors (Lipinski definition) is 9. The number of alkyl halides is 4. The zero-order valence-corrected chi connectivity index (χ0v) is 20.8. The Bertz CT molecular complexity index is 1020. The van der Waals surface area contributed by atoms with Crippen molar-refractivity contribution < 1.29 is 27.0 Å². The highest BCUT2D eigenvalue weighted by Gasteiger charge is 2.35. The number of likely N-dealkylation sites (N-methyl/N-ethyl adjacent to an activating group) is 1. The molecule has 9 nitrogen and oxygen atoms in total. The Labute approximate surface area is 213 Å². The second kappa shape index (κ2) is 12.5. The van der Waals surface area contributed by atoms with Crippen LogP contribution in [0.2, 0.25) is 0 Å². The first-order valence-electron chi connectivity index (χ1n) is 12.6. The highest BCUT2D eigenvalue weighted by atomic mass is 19.4. The van der Waals surface area contributed by atoms with E-state index >= 15 is 0 Å².